The van der Waals surface area contributed by atoms with Crippen molar-refractivity contribution in [1.29, 1.82) is 0 Å². The van der Waals surface area contributed by atoms with Crippen LogP contribution in [0.25, 0.3) is 5.69 Å². The van der Waals surface area contributed by atoms with Crippen molar-refractivity contribution >= 4 is 23.6 Å². The highest BCUT2D eigenvalue weighted by molar-refractivity contribution is 7.99. The van der Waals surface area contributed by atoms with Gasteiger partial charge in [0.25, 0.3) is 0 Å². The number of thioether (sulfide) groups is 1. The van der Waals surface area contributed by atoms with Crippen LogP contribution in [-0.2, 0) is 9.59 Å². The summed E-state index contributed by atoms with van der Waals surface area (Å²) in [4.78, 5) is 28.9. The highest BCUT2D eigenvalue weighted by Gasteiger charge is 2.29. The standard InChI is InChI=1S/C24H35N5O2S/c1-18(2)16-23(31)28-14-13-27(17-19(28)3)22(30)12-8-9-15-32-24-26-25-20(4)29(24)21-10-6-5-7-11-21/h5-7,10-11,18-19H,8-9,12-17H2,1-4H3. The second-order valence-corrected chi connectivity index (χ2v) is 9.94. The molecule has 174 valence electrons. The van der Waals surface area contributed by atoms with E-state index in [4.69, 9.17) is 0 Å². The van der Waals surface area contributed by atoms with E-state index in [2.05, 4.69) is 40.7 Å². The summed E-state index contributed by atoms with van der Waals surface area (Å²) in [5.41, 5.74) is 1.06. The Hall–Kier alpha value is -2.35. The van der Waals surface area contributed by atoms with Crippen LogP contribution in [0.2, 0.25) is 0 Å². The summed E-state index contributed by atoms with van der Waals surface area (Å²) in [5, 5.41) is 9.43. The number of carbonyl (C=O) groups is 2. The second kappa shape index (κ2) is 11.5. The summed E-state index contributed by atoms with van der Waals surface area (Å²) in [6, 6.07) is 10.2. The maximum Gasteiger partial charge on any atom is 0.223 e. The number of hydrogen-bond donors (Lipinski definition) is 0. The van der Waals surface area contributed by atoms with E-state index >= 15 is 0 Å². The highest BCUT2D eigenvalue weighted by Crippen LogP contribution is 2.23. The van der Waals surface area contributed by atoms with Crippen molar-refractivity contribution in [3.8, 4) is 5.69 Å². The molecular formula is C24H35N5O2S. The molecule has 7 nitrogen and oxygen atoms in total. The van der Waals surface area contributed by atoms with Gasteiger partial charge < -0.3 is 9.80 Å². The van der Waals surface area contributed by atoms with Crippen molar-refractivity contribution in [3.05, 3.63) is 36.2 Å². The van der Waals surface area contributed by atoms with Crippen LogP contribution in [0, 0.1) is 12.8 Å². The molecule has 1 saturated heterocycles. The molecule has 1 aliphatic heterocycles. The predicted molar refractivity (Wildman–Crippen MR) is 128 cm³/mol. The molecular weight excluding hydrogens is 422 g/mol. The van der Waals surface area contributed by atoms with E-state index in [0.717, 1.165) is 35.3 Å². The third kappa shape index (κ3) is 6.34. The number of unbranched alkanes of at least 4 members (excludes halogenated alkanes) is 1. The number of rotatable bonds is 9. The Balaban J connectivity index is 1.40. The summed E-state index contributed by atoms with van der Waals surface area (Å²) in [6.07, 6.45) is 2.93. The van der Waals surface area contributed by atoms with Crippen LogP contribution < -0.4 is 0 Å². The van der Waals surface area contributed by atoms with Crippen molar-refractivity contribution in [2.75, 3.05) is 25.4 Å². The molecule has 1 aromatic carbocycles. The van der Waals surface area contributed by atoms with Gasteiger partial charge in [-0.3, -0.25) is 14.2 Å². The molecule has 0 aliphatic carbocycles. The molecule has 8 heteroatoms. The van der Waals surface area contributed by atoms with Gasteiger partial charge in [-0.25, -0.2) is 0 Å². The Morgan fingerprint density at radius 3 is 2.53 bits per heavy atom. The number of para-hydroxylation sites is 1. The van der Waals surface area contributed by atoms with Gasteiger partial charge in [-0.15, -0.1) is 10.2 Å². The average Bonchev–Trinajstić information content (AvgIpc) is 3.13. The topological polar surface area (TPSA) is 71.3 Å². The number of piperazine rings is 1. The molecule has 1 aliphatic rings. The van der Waals surface area contributed by atoms with Crippen LogP contribution in [0.3, 0.4) is 0 Å². The molecule has 1 atom stereocenters. The molecule has 1 unspecified atom stereocenters. The summed E-state index contributed by atoms with van der Waals surface area (Å²) in [7, 11) is 0. The van der Waals surface area contributed by atoms with E-state index in [-0.39, 0.29) is 17.9 Å². The number of nitrogens with zero attached hydrogens (tertiary/aromatic N) is 5. The zero-order chi connectivity index (χ0) is 23.1. The van der Waals surface area contributed by atoms with Gasteiger partial charge in [0.2, 0.25) is 11.8 Å². The third-order valence-corrected chi connectivity index (χ3v) is 6.72. The minimum Gasteiger partial charge on any atom is -0.339 e. The first-order chi connectivity index (χ1) is 15.4. The zero-order valence-corrected chi connectivity index (χ0v) is 20.5. The third-order valence-electron chi connectivity index (χ3n) is 5.71. The van der Waals surface area contributed by atoms with E-state index in [9.17, 15) is 9.59 Å². The molecule has 3 rings (SSSR count). The normalized spacial score (nSPS) is 16.6. The van der Waals surface area contributed by atoms with E-state index < -0.39 is 0 Å². The van der Waals surface area contributed by atoms with Gasteiger partial charge in [0.05, 0.1) is 0 Å². The number of aryl methyl sites for hydroxylation is 1. The Labute approximate surface area is 195 Å². The fraction of sp³-hybridized carbons (Fsp3) is 0.583. The first kappa shape index (κ1) is 24.3. The van der Waals surface area contributed by atoms with Crippen LogP contribution in [-0.4, -0.2) is 67.8 Å². The monoisotopic (exact) mass is 457 g/mol. The van der Waals surface area contributed by atoms with E-state index in [1.54, 1.807) is 11.8 Å². The predicted octanol–water partition coefficient (Wildman–Crippen LogP) is 3.94. The van der Waals surface area contributed by atoms with Crippen molar-refractivity contribution in [3.63, 3.8) is 0 Å². The first-order valence-corrected chi connectivity index (χ1v) is 12.5. The van der Waals surface area contributed by atoms with Crippen LogP contribution in [0.5, 0.6) is 0 Å². The molecule has 0 N–H and O–H groups in total. The van der Waals surface area contributed by atoms with Gasteiger partial charge in [-0.2, -0.15) is 0 Å². The van der Waals surface area contributed by atoms with Gasteiger partial charge in [0.15, 0.2) is 5.16 Å². The van der Waals surface area contributed by atoms with Crippen LogP contribution in [0.15, 0.2) is 35.5 Å². The minimum atomic E-state index is 0.0853. The molecule has 0 bridgehead atoms. The highest BCUT2D eigenvalue weighted by atomic mass is 32.2. The molecule has 2 aromatic rings. The minimum absolute atomic E-state index is 0.0853. The van der Waals surface area contributed by atoms with Gasteiger partial charge >= 0.3 is 0 Å². The average molecular weight is 458 g/mol. The number of carbonyl (C=O) groups excluding carboxylic acids is 2. The molecule has 1 aromatic heterocycles. The van der Waals surface area contributed by atoms with Gasteiger partial charge in [0.1, 0.15) is 5.82 Å². The zero-order valence-electron chi connectivity index (χ0n) is 19.7. The Bertz CT molecular complexity index is 899. The van der Waals surface area contributed by atoms with E-state index in [0.29, 0.717) is 38.4 Å². The van der Waals surface area contributed by atoms with Gasteiger partial charge in [0, 0.05) is 50.0 Å². The molecule has 0 saturated carbocycles. The molecule has 0 radical (unpaired) electrons. The lowest BCUT2D eigenvalue weighted by atomic mass is 10.1. The molecule has 32 heavy (non-hydrogen) atoms. The smallest absolute Gasteiger partial charge is 0.223 e. The molecule has 0 spiro atoms. The lowest BCUT2D eigenvalue weighted by molar-refractivity contribution is -0.143. The van der Waals surface area contributed by atoms with Crippen molar-refractivity contribution in [2.24, 2.45) is 5.92 Å². The van der Waals surface area contributed by atoms with Crippen molar-refractivity contribution in [2.45, 2.75) is 64.6 Å². The van der Waals surface area contributed by atoms with E-state index in [1.165, 1.54) is 0 Å². The van der Waals surface area contributed by atoms with Crippen LogP contribution in [0.4, 0.5) is 0 Å². The maximum atomic E-state index is 12.7. The Morgan fingerprint density at radius 1 is 1.09 bits per heavy atom. The number of amides is 2. The fourth-order valence-corrected chi connectivity index (χ4v) is 5.03. The quantitative estimate of drug-likeness (QED) is 0.421. The summed E-state index contributed by atoms with van der Waals surface area (Å²) >= 11 is 1.68. The maximum absolute atomic E-state index is 12.7. The van der Waals surface area contributed by atoms with Crippen LogP contribution >= 0.6 is 11.8 Å². The van der Waals surface area contributed by atoms with Gasteiger partial charge in [-0.1, -0.05) is 43.8 Å². The summed E-state index contributed by atoms with van der Waals surface area (Å²) < 4.78 is 2.07. The Morgan fingerprint density at radius 2 is 1.84 bits per heavy atom. The lowest BCUT2D eigenvalue weighted by Gasteiger charge is -2.40. The first-order valence-electron chi connectivity index (χ1n) is 11.5. The summed E-state index contributed by atoms with van der Waals surface area (Å²) in [6.45, 7) is 10.0. The number of hydrogen-bond acceptors (Lipinski definition) is 5. The fourth-order valence-electron chi connectivity index (χ4n) is 4.03. The van der Waals surface area contributed by atoms with Crippen LogP contribution in [0.1, 0.15) is 52.3 Å². The lowest BCUT2D eigenvalue weighted by Crippen LogP contribution is -2.55. The molecule has 2 heterocycles. The number of benzene rings is 1. The SMILES string of the molecule is Cc1nnc(SCCCCC(=O)N2CCN(C(=O)CC(C)C)C(C)C2)n1-c1ccccc1. The molecule has 1 fully saturated rings. The number of aromatic nitrogens is 3. The van der Waals surface area contributed by atoms with E-state index in [1.807, 2.05) is 41.8 Å². The summed E-state index contributed by atoms with van der Waals surface area (Å²) in [5.74, 6) is 2.52. The Kier molecular flexibility index (Phi) is 8.73. The van der Waals surface area contributed by atoms with Gasteiger partial charge in [-0.05, 0) is 44.7 Å². The second-order valence-electron chi connectivity index (χ2n) is 8.88. The van der Waals surface area contributed by atoms with Crippen molar-refractivity contribution in [1.82, 2.24) is 24.6 Å². The largest absolute Gasteiger partial charge is 0.339 e. The molecule has 2 amide bonds. The van der Waals surface area contributed by atoms with Crippen molar-refractivity contribution < 1.29 is 9.59 Å².